The molecule has 4 heteroatoms. The summed E-state index contributed by atoms with van der Waals surface area (Å²) in [4.78, 5) is 14.8. The fraction of sp³-hybridized carbons (Fsp3) is 0.381. The minimum atomic E-state index is -0.147. The van der Waals surface area contributed by atoms with Crippen molar-refractivity contribution in [2.24, 2.45) is 5.92 Å². The number of ether oxygens (including phenoxy) is 1. The van der Waals surface area contributed by atoms with Crippen LogP contribution in [0.3, 0.4) is 0 Å². The van der Waals surface area contributed by atoms with E-state index < -0.39 is 0 Å². The second-order valence-electron chi connectivity index (χ2n) is 6.73. The molecule has 0 aromatic heterocycles. The molecule has 1 saturated heterocycles. The first-order chi connectivity index (χ1) is 12.1. The SMILES string of the molecule is CN(C)c1ccc(CNC(=O)[C@H]2CCCO[C@H]2c2ccccc2)cc1. The zero-order chi connectivity index (χ0) is 17.6. The Balaban J connectivity index is 1.63. The molecular formula is C21H26N2O2. The van der Waals surface area contributed by atoms with Crippen LogP contribution in [0.25, 0.3) is 0 Å². The molecule has 3 rings (SSSR count). The van der Waals surface area contributed by atoms with Crippen LogP contribution >= 0.6 is 0 Å². The largest absolute Gasteiger partial charge is 0.378 e. The Morgan fingerprint density at radius 1 is 1.12 bits per heavy atom. The van der Waals surface area contributed by atoms with Gasteiger partial charge in [0.1, 0.15) is 0 Å². The van der Waals surface area contributed by atoms with Gasteiger partial charge in [0.05, 0.1) is 12.0 Å². The first-order valence-corrected chi connectivity index (χ1v) is 8.85. The fourth-order valence-corrected chi connectivity index (χ4v) is 3.25. The van der Waals surface area contributed by atoms with E-state index in [1.165, 1.54) is 0 Å². The first-order valence-electron chi connectivity index (χ1n) is 8.85. The lowest BCUT2D eigenvalue weighted by Gasteiger charge is -2.31. The Hall–Kier alpha value is -2.33. The third kappa shape index (κ3) is 4.40. The van der Waals surface area contributed by atoms with Crippen molar-refractivity contribution in [3.8, 4) is 0 Å². The second kappa shape index (κ2) is 8.17. The average Bonchev–Trinajstić information content (AvgIpc) is 2.67. The van der Waals surface area contributed by atoms with Crippen LogP contribution in [-0.4, -0.2) is 26.6 Å². The lowest BCUT2D eigenvalue weighted by atomic mass is 9.88. The molecule has 1 amide bonds. The average molecular weight is 338 g/mol. The van der Waals surface area contributed by atoms with Gasteiger partial charge in [-0.25, -0.2) is 0 Å². The summed E-state index contributed by atoms with van der Waals surface area (Å²) in [7, 11) is 4.03. The smallest absolute Gasteiger partial charge is 0.226 e. The van der Waals surface area contributed by atoms with E-state index in [2.05, 4.69) is 34.5 Å². The molecule has 1 aliphatic heterocycles. The Kier molecular flexibility index (Phi) is 5.71. The van der Waals surface area contributed by atoms with Gasteiger partial charge in [0.2, 0.25) is 5.91 Å². The monoisotopic (exact) mass is 338 g/mol. The highest BCUT2D eigenvalue weighted by Crippen LogP contribution is 2.33. The third-order valence-corrected chi connectivity index (χ3v) is 4.71. The van der Waals surface area contributed by atoms with E-state index in [1.54, 1.807) is 0 Å². The van der Waals surface area contributed by atoms with E-state index in [-0.39, 0.29) is 17.9 Å². The van der Waals surface area contributed by atoms with Crippen molar-refractivity contribution in [3.63, 3.8) is 0 Å². The maximum absolute atomic E-state index is 12.7. The molecule has 1 N–H and O–H groups in total. The van der Waals surface area contributed by atoms with Crippen molar-refractivity contribution in [1.82, 2.24) is 5.32 Å². The summed E-state index contributed by atoms with van der Waals surface area (Å²) in [6.45, 7) is 1.26. The fourth-order valence-electron chi connectivity index (χ4n) is 3.25. The Bertz CT molecular complexity index is 683. The first kappa shape index (κ1) is 17.5. The Labute approximate surface area is 149 Å². The van der Waals surface area contributed by atoms with Gasteiger partial charge in [0.15, 0.2) is 0 Å². The van der Waals surface area contributed by atoms with Gasteiger partial charge in [-0.3, -0.25) is 4.79 Å². The molecule has 0 spiro atoms. The number of benzene rings is 2. The third-order valence-electron chi connectivity index (χ3n) is 4.71. The maximum Gasteiger partial charge on any atom is 0.226 e. The van der Waals surface area contributed by atoms with E-state index in [9.17, 15) is 4.79 Å². The summed E-state index contributed by atoms with van der Waals surface area (Å²) in [5.41, 5.74) is 3.34. The molecule has 4 nitrogen and oxygen atoms in total. The highest BCUT2D eigenvalue weighted by molar-refractivity contribution is 5.79. The molecule has 0 unspecified atom stereocenters. The van der Waals surface area contributed by atoms with Crippen LogP contribution in [0.2, 0.25) is 0 Å². The van der Waals surface area contributed by atoms with Crippen LogP contribution in [-0.2, 0) is 16.1 Å². The second-order valence-corrected chi connectivity index (χ2v) is 6.73. The number of anilines is 1. The van der Waals surface area contributed by atoms with Crippen LogP contribution < -0.4 is 10.2 Å². The van der Waals surface area contributed by atoms with E-state index in [4.69, 9.17) is 4.74 Å². The number of hydrogen-bond acceptors (Lipinski definition) is 3. The molecular weight excluding hydrogens is 312 g/mol. The van der Waals surface area contributed by atoms with Crippen molar-refractivity contribution in [1.29, 1.82) is 0 Å². The summed E-state index contributed by atoms with van der Waals surface area (Å²) in [5, 5.41) is 3.08. The molecule has 2 aromatic rings. The van der Waals surface area contributed by atoms with Gasteiger partial charge in [0, 0.05) is 32.9 Å². The van der Waals surface area contributed by atoms with Crippen LogP contribution in [0.4, 0.5) is 5.69 Å². The predicted molar refractivity (Wildman–Crippen MR) is 100 cm³/mol. The van der Waals surface area contributed by atoms with Gasteiger partial charge in [-0.1, -0.05) is 42.5 Å². The van der Waals surface area contributed by atoms with Gasteiger partial charge in [0.25, 0.3) is 0 Å². The molecule has 1 fully saturated rings. The molecule has 0 aliphatic carbocycles. The topological polar surface area (TPSA) is 41.6 Å². The Morgan fingerprint density at radius 3 is 2.52 bits per heavy atom. The summed E-state index contributed by atoms with van der Waals surface area (Å²) in [6.07, 6.45) is 1.65. The van der Waals surface area contributed by atoms with Crippen molar-refractivity contribution < 1.29 is 9.53 Å². The lowest BCUT2D eigenvalue weighted by Crippen LogP contribution is -2.37. The molecule has 2 aromatic carbocycles. The van der Waals surface area contributed by atoms with Gasteiger partial charge in [-0.2, -0.15) is 0 Å². The van der Waals surface area contributed by atoms with Gasteiger partial charge in [-0.05, 0) is 36.1 Å². The number of amides is 1. The minimum Gasteiger partial charge on any atom is -0.378 e. The van der Waals surface area contributed by atoms with Crippen LogP contribution in [0.5, 0.6) is 0 Å². The molecule has 2 atom stereocenters. The summed E-state index contributed by atoms with van der Waals surface area (Å²) in [6, 6.07) is 18.3. The number of nitrogens with zero attached hydrogens (tertiary/aromatic N) is 1. The zero-order valence-corrected chi connectivity index (χ0v) is 14.9. The molecule has 1 aliphatic rings. The van der Waals surface area contributed by atoms with Gasteiger partial charge in [-0.15, -0.1) is 0 Å². The van der Waals surface area contributed by atoms with Gasteiger partial charge >= 0.3 is 0 Å². The number of hydrogen-bond donors (Lipinski definition) is 1. The van der Waals surface area contributed by atoms with E-state index >= 15 is 0 Å². The molecule has 0 bridgehead atoms. The molecule has 132 valence electrons. The molecule has 1 heterocycles. The van der Waals surface area contributed by atoms with E-state index in [1.807, 2.05) is 44.4 Å². The number of carbonyl (C=O) groups is 1. The predicted octanol–water partition coefficient (Wildman–Crippen LogP) is 3.54. The van der Waals surface area contributed by atoms with Crippen molar-refractivity contribution in [2.45, 2.75) is 25.5 Å². The highest BCUT2D eigenvalue weighted by Gasteiger charge is 2.32. The lowest BCUT2D eigenvalue weighted by molar-refractivity contribution is -0.134. The normalized spacial score (nSPS) is 20.1. The maximum atomic E-state index is 12.7. The minimum absolute atomic E-state index is 0.0743. The standard InChI is InChI=1S/C21H26N2O2/c1-23(2)18-12-10-16(11-13-18)15-22-21(24)19-9-6-14-25-20(19)17-7-4-3-5-8-17/h3-5,7-8,10-13,19-20H,6,9,14-15H2,1-2H3,(H,22,24)/t19-,20-/m0/s1. The van der Waals surface area contributed by atoms with Crippen molar-refractivity contribution >= 4 is 11.6 Å². The molecule has 0 radical (unpaired) electrons. The van der Waals surface area contributed by atoms with Gasteiger partial charge < -0.3 is 15.0 Å². The summed E-state index contributed by atoms with van der Waals surface area (Å²) >= 11 is 0. The highest BCUT2D eigenvalue weighted by atomic mass is 16.5. The number of rotatable bonds is 5. The quantitative estimate of drug-likeness (QED) is 0.907. The van der Waals surface area contributed by atoms with Crippen LogP contribution in [0.15, 0.2) is 54.6 Å². The van der Waals surface area contributed by atoms with Crippen LogP contribution in [0.1, 0.15) is 30.1 Å². The summed E-state index contributed by atoms with van der Waals surface area (Å²) in [5.74, 6) is -0.0533. The summed E-state index contributed by atoms with van der Waals surface area (Å²) < 4.78 is 5.93. The number of nitrogens with one attached hydrogen (secondary N) is 1. The van der Waals surface area contributed by atoms with Crippen molar-refractivity contribution in [2.75, 3.05) is 25.6 Å². The zero-order valence-electron chi connectivity index (χ0n) is 14.9. The number of carbonyl (C=O) groups excluding carboxylic acids is 1. The Morgan fingerprint density at radius 2 is 1.84 bits per heavy atom. The van der Waals surface area contributed by atoms with Crippen LogP contribution in [0, 0.1) is 5.92 Å². The van der Waals surface area contributed by atoms with Crippen molar-refractivity contribution in [3.05, 3.63) is 65.7 Å². The molecule has 25 heavy (non-hydrogen) atoms. The molecule has 0 saturated carbocycles. The van der Waals surface area contributed by atoms with E-state index in [0.717, 1.165) is 36.3 Å². The van der Waals surface area contributed by atoms with E-state index in [0.29, 0.717) is 6.54 Å².